The van der Waals surface area contributed by atoms with Gasteiger partial charge in [0.05, 0.1) is 5.69 Å². The first kappa shape index (κ1) is 13.1. The zero-order valence-corrected chi connectivity index (χ0v) is 10.3. The first-order valence-corrected chi connectivity index (χ1v) is 5.90. The molecule has 1 aromatic heterocycles. The van der Waals surface area contributed by atoms with Gasteiger partial charge in [-0.25, -0.2) is 9.97 Å². The molecule has 0 aliphatic carbocycles. The van der Waals surface area contributed by atoms with Crippen molar-refractivity contribution in [3.63, 3.8) is 0 Å². The lowest BCUT2D eigenvalue weighted by Gasteiger charge is -2.21. The quantitative estimate of drug-likeness (QED) is 0.901. The first-order valence-electron chi connectivity index (χ1n) is 5.90. The normalized spacial score (nSPS) is 14.7. The van der Waals surface area contributed by atoms with Crippen molar-refractivity contribution in [2.45, 2.75) is 33.1 Å². The Bertz CT molecular complexity index is 441. The summed E-state index contributed by atoms with van der Waals surface area (Å²) in [5, 5.41) is 2.88. The van der Waals surface area contributed by atoms with Crippen LogP contribution in [-0.2, 0) is 19.3 Å². The van der Waals surface area contributed by atoms with E-state index in [-0.39, 0.29) is 18.1 Å². The van der Waals surface area contributed by atoms with E-state index < -0.39 is 11.9 Å². The molecule has 0 atom stereocenters. The smallest absolute Gasteiger partial charge is 0.341 e. The van der Waals surface area contributed by atoms with E-state index in [2.05, 4.69) is 15.3 Å². The van der Waals surface area contributed by atoms with E-state index in [1.165, 1.54) is 0 Å². The van der Waals surface area contributed by atoms with Crippen molar-refractivity contribution in [3.8, 4) is 0 Å². The lowest BCUT2D eigenvalue weighted by molar-refractivity contribution is -0.141. The minimum absolute atomic E-state index is 0.162. The molecule has 0 amide bonds. The lowest BCUT2D eigenvalue weighted by Crippen LogP contribution is -2.26. The molecule has 1 aliphatic heterocycles. The Morgan fingerprint density at radius 1 is 1.17 bits per heavy atom. The highest BCUT2D eigenvalue weighted by atomic mass is 19.4. The molecule has 4 nitrogen and oxygen atoms in total. The molecule has 0 saturated heterocycles. The molecule has 100 valence electrons. The predicted molar refractivity (Wildman–Crippen MR) is 61.1 cm³/mol. The molecule has 0 unspecified atom stereocenters. The Morgan fingerprint density at radius 2 is 1.83 bits per heavy atom. The molecule has 1 aromatic rings. The number of fused-ring (bicyclic) bond motifs is 1. The molecule has 0 aromatic carbocycles. The van der Waals surface area contributed by atoms with Crippen molar-refractivity contribution in [3.05, 3.63) is 17.0 Å². The van der Waals surface area contributed by atoms with Gasteiger partial charge >= 0.3 is 6.18 Å². The van der Waals surface area contributed by atoms with Crippen LogP contribution in [0, 0.1) is 0 Å². The average Bonchev–Trinajstić information content (AvgIpc) is 2.76. The van der Waals surface area contributed by atoms with Crippen LogP contribution >= 0.6 is 0 Å². The van der Waals surface area contributed by atoms with Gasteiger partial charge in [-0.3, -0.25) is 0 Å². The summed E-state index contributed by atoms with van der Waals surface area (Å²) in [6, 6.07) is 0. The maximum atomic E-state index is 13.0. The Hall–Kier alpha value is -1.37. The number of aromatic nitrogens is 2. The summed E-state index contributed by atoms with van der Waals surface area (Å²) < 4.78 is 38.9. The van der Waals surface area contributed by atoms with Crippen LogP contribution in [0.4, 0.5) is 19.1 Å². The number of anilines is 1. The molecule has 2 rings (SSSR count). The topological polar surface area (TPSA) is 41.1 Å². The van der Waals surface area contributed by atoms with E-state index in [1.807, 2.05) is 13.8 Å². The van der Waals surface area contributed by atoms with E-state index in [4.69, 9.17) is 0 Å². The number of hydrogen-bond acceptors (Lipinski definition) is 4. The van der Waals surface area contributed by atoms with Crippen molar-refractivity contribution in [1.82, 2.24) is 15.3 Å². The largest absolute Gasteiger partial charge is 0.433 e. The van der Waals surface area contributed by atoms with Gasteiger partial charge in [0.1, 0.15) is 0 Å². The van der Waals surface area contributed by atoms with Crippen LogP contribution in [-0.4, -0.2) is 23.1 Å². The number of hydrogen-bond donors (Lipinski definition) is 1. The molecule has 0 saturated carbocycles. The van der Waals surface area contributed by atoms with Gasteiger partial charge in [0.2, 0.25) is 5.95 Å². The van der Waals surface area contributed by atoms with Gasteiger partial charge in [0.15, 0.2) is 5.69 Å². The Morgan fingerprint density at radius 3 is 2.39 bits per heavy atom. The monoisotopic (exact) mass is 260 g/mol. The molecule has 0 fully saturated rings. The highest BCUT2D eigenvalue weighted by molar-refractivity contribution is 5.39. The van der Waals surface area contributed by atoms with Crippen LogP contribution < -0.4 is 10.2 Å². The van der Waals surface area contributed by atoms with Gasteiger partial charge in [-0.1, -0.05) is 0 Å². The van der Waals surface area contributed by atoms with Crippen LogP contribution in [0.1, 0.15) is 30.8 Å². The number of alkyl halides is 3. The maximum absolute atomic E-state index is 13.0. The Kier molecular flexibility index (Phi) is 3.43. The molecular formula is C11H15F3N4. The SMILES string of the molecule is CCN(CC)c1nc2c(c(C(F)(F)F)n1)CNC2. The third kappa shape index (κ3) is 2.27. The van der Waals surface area contributed by atoms with Gasteiger partial charge in [-0.2, -0.15) is 13.2 Å². The highest BCUT2D eigenvalue weighted by Gasteiger charge is 2.38. The van der Waals surface area contributed by atoms with Crippen molar-refractivity contribution >= 4 is 5.95 Å². The van der Waals surface area contributed by atoms with E-state index in [0.29, 0.717) is 25.3 Å². The molecule has 2 heterocycles. The van der Waals surface area contributed by atoms with Crippen molar-refractivity contribution < 1.29 is 13.2 Å². The van der Waals surface area contributed by atoms with E-state index in [9.17, 15) is 13.2 Å². The number of nitrogens with one attached hydrogen (secondary N) is 1. The van der Waals surface area contributed by atoms with Crippen LogP contribution in [0.5, 0.6) is 0 Å². The summed E-state index contributed by atoms with van der Waals surface area (Å²) in [4.78, 5) is 9.65. The summed E-state index contributed by atoms with van der Waals surface area (Å²) in [7, 11) is 0. The van der Waals surface area contributed by atoms with Crippen LogP contribution in [0.25, 0.3) is 0 Å². The second-order valence-electron chi connectivity index (χ2n) is 4.07. The molecule has 0 spiro atoms. The molecule has 18 heavy (non-hydrogen) atoms. The van der Waals surface area contributed by atoms with Gasteiger partial charge < -0.3 is 10.2 Å². The fraction of sp³-hybridized carbons (Fsp3) is 0.636. The molecular weight excluding hydrogens is 245 g/mol. The first-order chi connectivity index (χ1) is 8.47. The van der Waals surface area contributed by atoms with Gasteiger partial charge in [-0.05, 0) is 13.8 Å². The van der Waals surface area contributed by atoms with E-state index in [1.54, 1.807) is 4.90 Å². The molecule has 0 bridgehead atoms. The number of nitrogens with zero attached hydrogens (tertiary/aromatic N) is 3. The summed E-state index contributed by atoms with van der Waals surface area (Å²) in [6.07, 6.45) is -4.43. The number of rotatable bonds is 3. The van der Waals surface area contributed by atoms with Crippen LogP contribution in [0.2, 0.25) is 0 Å². The van der Waals surface area contributed by atoms with Crippen LogP contribution in [0.15, 0.2) is 0 Å². The fourth-order valence-corrected chi connectivity index (χ4v) is 2.04. The molecule has 1 aliphatic rings. The Labute approximate surface area is 103 Å². The maximum Gasteiger partial charge on any atom is 0.433 e. The van der Waals surface area contributed by atoms with Gasteiger partial charge in [0.25, 0.3) is 0 Å². The van der Waals surface area contributed by atoms with Crippen LogP contribution in [0.3, 0.4) is 0 Å². The van der Waals surface area contributed by atoms with Crippen molar-refractivity contribution in [2.24, 2.45) is 0 Å². The zero-order chi connectivity index (χ0) is 13.3. The third-order valence-corrected chi connectivity index (χ3v) is 2.99. The summed E-state index contributed by atoms with van der Waals surface area (Å²) in [5.74, 6) is 0.162. The highest BCUT2D eigenvalue weighted by Crippen LogP contribution is 2.34. The summed E-state index contributed by atoms with van der Waals surface area (Å²) >= 11 is 0. The van der Waals surface area contributed by atoms with Gasteiger partial charge in [0, 0.05) is 31.7 Å². The zero-order valence-electron chi connectivity index (χ0n) is 10.3. The lowest BCUT2D eigenvalue weighted by atomic mass is 10.2. The second-order valence-corrected chi connectivity index (χ2v) is 4.07. The summed E-state index contributed by atoms with van der Waals surface area (Å²) in [5.41, 5.74) is -0.169. The van der Waals surface area contributed by atoms with Crippen molar-refractivity contribution in [2.75, 3.05) is 18.0 Å². The Balaban J connectivity index is 2.52. The fourth-order valence-electron chi connectivity index (χ4n) is 2.04. The minimum Gasteiger partial charge on any atom is -0.341 e. The van der Waals surface area contributed by atoms with E-state index in [0.717, 1.165) is 0 Å². The molecule has 1 N–H and O–H groups in total. The predicted octanol–water partition coefficient (Wildman–Crippen LogP) is 1.94. The second kappa shape index (κ2) is 4.72. The van der Waals surface area contributed by atoms with Crippen molar-refractivity contribution in [1.29, 1.82) is 0 Å². The standard InChI is InChI=1S/C11H15F3N4/c1-3-18(4-2)10-16-8-6-15-5-7(8)9(17-10)11(12,13)14/h15H,3-6H2,1-2H3. The molecule has 0 radical (unpaired) electrons. The number of halogens is 3. The minimum atomic E-state index is -4.43. The third-order valence-electron chi connectivity index (χ3n) is 2.99. The van der Waals surface area contributed by atoms with Gasteiger partial charge in [-0.15, -0.1) is 0 Å². The average molecular weight is 260 g/mol. The summed E-state index contributed by atoms with van der Waals surface area (Å²) in [6.45, 7) is 5.45. The molecule has 7 heteroatoms. The van der Waals surface area contributed by atoms with E-state index >= 15 is 0 Å².